The van der Waals surface area contributed by atoms with Crippen LogP contribution in [-0.2, 0) is 11.3 Å². The summed E-state index contributed by atoms with van der Waals surface area (Å²) in [6, 6.07) is 18.6. The number of hydrogen-bond acceptors (Lipinski definition) is 3. The van der Waals surface area contributed by atoms with E-state index < -0.39 is 0 Å². The van der Waals surface area contributed by atoms with Crippen molar-refractivity contribution in [3.63, 3.8) is 0 Å². The summed E-state index contributed by atoms with van der Waals surface area (Å²) in [5.41, 5.74) is 3.44. The molecule has 4 rings (SSSR count). The van der Waals surface area contributed by atoms with Gasteiger partial charge in [-0.05, 0) is 17.7 Å². The second-order valence-corrected chi connectivity index (χ2v) is 7.63. The second-order valence-electron chi connectivity index (χ2n) is 5.96. The highest BCUT2D eigenvalue weighted by molar-refractivity contribution is 8.26. The maximum atomic E-state index is 12.3. The molecule has 0 N–H and O–H groups in total. The first kappa shape index (κ1) is 16.1. The Balaban J connectivity index is 1.78. The summed E-state index contributed by atoms with van der Waals surface area (Å²) in [6.07, 6.45) is 4.06. The summed E-state index contributed by atoms with van der Waals surface area (Å²) in [4.78, 5) is 14.5. The molecule has 0 spiro atoms. The van der Waals surface area contributed by atoms with E-state index in [9.17, 15) is 4.79 Å². The molecule has 1 aliphatic heterocycles. The molecule has 1 fully saturated rings. The summed E-state index contributed by atoms with van der Waals surface area (Å²) in [5, 5.41) is 1.14. The second kappa shape index (κ2) is 6.50. The van der Waals surface area contributed by atoms with Gasteiger partial charge in [-0.1, -0.05) is 72.5 Å². The number of amides is 1. The average molecular weight is 364 g/mol. The van der Waals surface area contributed by atoms with Crippen LogP contribution in [0.3, 0.4) is 0 Å². The first-order valence-corrected chi connectivity index (χ1v) is 9.19. The van der Waals surface area contributed by atoms with E-state index in [1.54, 1.807) is 7.05 Å². The molecule has 2 heterocycles. The quantitative estimate of drug-likeness (QED) is 0.505. The van der Waals surface area contributed by atoms with E-state index >= 15 is 0 Å². The van der Waals surface area contributed by atoms with Gasteiger partial charge < -0.3 is 4.57 Å². The molecule has 0 aliphatic carbocycles. The number of nitrogens with zero attached hydrogens (tertiary/aromatic N) is 2. The fraction of sp³-hybridized carbons (Fsp3) is 0.100. The zero-order valence-electron chi connectivity index (χ0n) is 13.7. The third-order valence-corrected chi connectivity index (χ3v) is 5.77. The lowest BCUT2D eigenvalue weighted by Crippen LogP contribution is -2.22. The monoisotopic (exact) mass is 364 g/mol. The Morgan fingerprint density at radius 2 is 1.80 bits per heavy atom. The van der Waals surface area contributed by atoms with E-state index in [2.05, 4.69) is 47.2 Å². The number of hydrogen-bond donors (Lipinski definition) is 0. The van der Waals surface area contributed by atoms with E-state index in [-0.39, 0.29) is 5.91 Å². The van der Waals surface area contributed by atoms with Gasteiger partial charge >= 0.3 is 0 Å². The van der Waals surface area contributed by atoms with E-state index in [1.807, 2.05) is 24.3 Å². The summed E-state index contributed by atoms with van der Waals surface area (Å²) in [5.74, 6) is -0.0325. The van der Waals surface area contributed by atoms with Crippen LogP contribution < -0.4 is 0 Å². The van der Waals surface area contributed by atoms with Gasteiger partial charge in [0.05, 0.1) is 4.91 Å². The van der Waals surface area contributed by atoms with E-state index in [0.717, 1.165) is 23.0 Å². The fourth-order valence-electron chi connectivity index (χ4n) is 2.99. The molecule has 5 heteroatoms. The van der Waals surface area contributed by atoms with E-state index in [1.165, 1.54) is 22.2 Å². The molecule has 1 amide bonds. The van der Waals surface area contributed by atoms with Crippen LogP contribution in [0.2, 0.25) is 0 Å². The lowest BCUT2D eigenvalue weighted by atomic mass is 10.1. The van der Waals surface area contributed by atoms with Gasteiger partial charge in [0.2, 0.25) is 0 Å². The number of benzene rings is 2. The summed E-state index contributed by atoms with van der Waals surface area (Å²) >= 11 is 6.58. The SMILES string of the molecule is CN1C(=O)/C(=C\c2cn(Cc3ccccc3)c3ccccc23)SC1=S. The Morgan fingerprint density at radius 1 is 1.08 bits per heavy atom. The summed E-state index contributed by atoms with van der Waals surface area (Å²) in [7, 11) is 1.72. The van der Waals surface area contributed by atoms with Crippen LogP contribution in [0.1, 0.15) is 11.1 Å². The smallest absolute Gasteiger partial charge is 0.265 e. The molecule has 1 aliphatic rings. The molecule has 25 heavy (non-hydrogen) atoms. The number of carbonyl (C=O) groups excluding carboxylic acids is 1. The van der Waals surface area contributed by atoms with Crippen molar-refractivity contribution in [1.29, 1.82) is 0 Å². The first-order chi connectivity index (χ1) is 12.1. The van der Waals surface area contributed by atoms with Crippen LogP contribution in [0.15, 0.2) is 65.7 Å². The van der Waals surface area contributed by atoms with Gasteiger partial charge in [-0.2, -0.15) is 0 Å². The van der Waals surface area contributed by atoms with Gasteiger partial charge in [-0.15, -0.1) is 0 Å². The fourth-order valence-corrected chi connectivity index (χ4v) is 4.16. The van der Waals surface area contributed by atoms with E-state index in [4.69, 9.17) is 12.2 Å². The highest BCUT2D eigenvalue weighted by atomic mass is 32.2. The van der Waals surface area contributed by atoms with Gasteiger partial charge in [0, 0.05) is 36.3 Å². The molecule has 0 atom stereocenters. The zero-order chi connectivity index (χ0) is 17.4. The highest BCUT2D eigenvalue weighted by Crippen LogP contribution is 2.33. The van der Waals surface area contributed by atoms with Gasteiger partial charge in [0.1, 0.15) is 4.32 Å². The average Bonchev–Trinajstić information content (AvgIpc) is 3.09. The molecule has 1 saturated heterocycles. The lowest BCUT2D eigenvalue weighted by molar-refractivity contribution is -0.121. The van der Waals surface area contributed by atoms with E-state index in [0.29, 0.717) is 9.23 Å². The third-order valence-electron chi connectivity index (χ3n) is 4.29. The number of thiocarbonyl (C=S) groups is 1. The molecule has 2 aromatic carbocycles. The molecular formula is C20H16N2OS2. The van der Waals surface area contributed by atoms with Gasteiger partial charge in [0.25, 0.3) is 5.91 Å². The van der Waals surface area contributed by atoms with Crippen molar-refractivity contribution in [2.45, 2.75) is 6.54 Å². The van der Waals surface area contributed by atoms with Crippen molar-refractivity contribution in [3.05, 3.63) is 76.8 Å². The van der Waals surface area contributed by atoms with Crippen molar-refractivity contribution in [2.24, 2.45) is 0 Å². The van der Waals surface area contributed by atoms with Crippen molar-refractivity contribution < 1.29 is 4.79 Å². The topological polar surface area (TPSA) is 25.2 Å². The summed E-state index contributed by atoms with van der Waals surface area (Å²) < 4.78 is 2.83. The largest absolute Gasteiger partial charge is 0.342 e. The molecule has 1 aromatic heterocycles. The predicted molar refractivity (Wildman–Crippen MR) is 108 cm³/mol. The Labute approximate surface area is 155 Å². The van der Waals surface area contributed by atoms with Crippen molar-refractivity contribution >= 4 is 51.2 Å². The standard InChI is InChI=1S/C20H16N2OS2/c1-21-19(23)18(25-20(21)24)11-15-13-22(12-14-7-3-2-4-8-14)17-10-6-5-9-16(15)17/h2-11,13H,12H2,1H3/b18-11+. The highest BCUT2D eigenvalue weighted by Gasteiger charge is 2.28. The summed E-state index contributed by atoms with van der Waals surface area (Å²) in [6.45, 7) is 0.796. The number of para-hydroxylation sites is 1. The number of thioether (sulfide) groups is 1. The number of carbonyl (C=O) groups is 1. The van der Waals surface area contributed by atoms with Gasteiger partial charge in [0.15, 0.2) is 0 Å². The molecule has 0 unspecified atom stereocenters. The van der Waals surface area contributed by atoms with Crippen LogP contribution in [-0.4, -0.2) is 26.7 Å². The maximum absolute atomic E-state index is 12.3. The normalized spacial score (nSPS) is 16.4. The van der Waals surface area contributed by atoms with Gasteiger partial charge in [-0.25, -0.2) is 0 Å². The third kappa shape index (κ3) is 3.01. The molecule has 0 radical (unpaired) electrons. The number of rotatable bonds is 3. The van der Waals surface area contributed by atoms with Crippen molar-refractivity contribution in [2.75, 3.05) is 7.05 Å². The number of fused-ring (bicyclic) bond motifs is 1. The molecular weight excluding hydrogens is 348 g/mol. The van der Waals surface area contributed by atoms with Crippen molar-refractivity contribution in [3.8, 4) is 0 Å². The molecule has 124 valence electrons. The molecule has 0 saturated carbocycles. The molecule has 3 nitrogen and oxygen atoms in total. The lowest BCUT2D eigenvalue weighted by Gasteiger charge is -2.05. The predicted octanol–water partition coefficient (Wildman–Crippen LogP) is 4.52. The molecule has 3 aromatic rings. The minimum Gasteiger partial charge on any atom is -0.342 e. The minimum atomic E-state index is -0.0325. The zero-order valence-corrected chi connectivity index (χ0v) is 15.3. The first-order valence-electron chi connectivity index (χ1n) is 7.97. The van der Waals surface area contributed by atoms with Crippen LogP contribution >= 0.6 is 24.0 Å². The van der Waals surface area contributed by atoms with Crippen LogP contribution in [0, 0.1) is 0 Å². The van der Waals surface area contributed by atoms with Gasteiger partial charge in [-0.3, -0.25) is 9.69 Å². The maximum Gasteiger partial charge on any atom is 0.265 e. The Hall–Kier alpha value is -2.37. The van der Waals surface area contributed by atoms with Crippen LogP contribution in [0.4, 0.5) is 0 Å². The van der Waals surface area contributed by atoms with Crippen molar-refractivity contribution in [1.82, 2.24) is 9.47 Å². The Bertz CT molecular complexity index is 1000. The van der Waals surface area contributed by atoms with Crippen LogP contribution in [0.25, 0.3) is 17.0 Å². The minimum absolute atomic E-state index is 0.0325. The Morgan fingerprint density at radius 3 is 2.52 bits per heavy atom. The molecule has 0 bridgehead atoms. The number of likely N-dealkylation sites (N-methyl/N-ethyl adjacent to an activating group) is 1. The number of aromatic nitrogens is 1. The Kier molecular flexibility index (Phi) is 4.19. The van der Waals surface area contributed by atoms with Crippen LogP contribution in [0.5, 0.6) is 0 Å².